The first kappa shape index (κ1) is 20.5. The van der Waals surface area contributed by atoms with Crippen molar-refractivity contribution in [1.29, 1.82) is 0 Å². The first-order chi connectivity index (χ1) is 13.5. The van der Waals surface area contributed by atoms with Crippen molar-refractivity contribution in [1.82, 2.24) is 4.98 Å². The Hall–Kier alpha value is -2.28. The van der Waals surface area contributed by atoms with Crippen LogP contribution in [-0.4, -0.2) is 24.2 Å². The third kappa shape index (κ3) is 4.76. The van der Waals surface area contributed by atoms with Crippen LogP contribution in [0.15, 0.2) is 23.3 Å². The van der Waals surface area contributed by atoms with Crippen LogP contribution in [0.3, 0.4) is 0 Å². The van der Waals surface area contributed by atoms with Crippen LogP contribution >= 0.6 is 22.9 Å². The monoisotopic (exact) mass is 420 g/mol. The van der Waals surface area contributed by atoms with Gasteiger partial charge in [0, 0.05) is 4.91 Å². The molecule has 2 aromatic rings. The maximum Gasteiger partial charge on any atom is 0.308 e. The van der Waals surface area contributed by atoms with Crippen molar-refractivity contribution >= 4 is 28.9 Å². The Balaban J connectivity index is 1.76. The first-order valence-electron chi connectivity index (χ1n) is 9.03. The lowest BCUT2D eigenvalue weighted by Gasteiger charge is -2.28. The quantitative estimate of drug-likeness (QED) is 0.259. The zero-order valence-corrected chi connectivity index (χ0v) is 17.3. The van der Waals surface area contributed by atoms with E-state index in [2.05, 4.69) is 15.0 Å². The van der Waals surface area contributed by atoms with Crippen LogP contribution in [-0.2, 0) is 16.1 Å². The number of thiophene rings is 1. The predicted octanol–water partition coefficient (Wildman–Crippen LogP) is 5.69. The van der Waals surface area contributed by atoms with Gasteiger partial charge in [-0.3, -0.25) is 4.79 Å². The van der Waals surface area contributed by atoms with Crippen molar-refractivity contribution in [2.24, 2.45) is 11.0 Å². The van der Waals surface area contributed by atoms with Crippen molar-refractivity contribution in [3.8, 4) is 16.3 Å². The molecule has 0 unspecified atom stereocenters. The summed E-state index contributed by atoms with van der Waals surface area (Å²) in [5.74, 6) is 0.437. The number of nitrogens with zero attached hydrogens (tertiary/aromatic N) is 4. The molecule has 0 bridgehead atoms. The predicted molar refractivity (Wildman–Crippen MR) is 109 cm³/mol. The molecule has 1 saturated carbocycles. The number of ether oxygens (including phenoxy) is 2. The zero-order chi connectivity index (χ0) is 20.1. The summed E-state index contributed by atoms with van der Waals surface area (Å²) >= 11 is 7.54. The first-order valence-corrected chi connectivity index (χ1v) is 10.2. The fraction of sp³-hybridized carbons (Fsp3) is 0.474. The lowest BCUT2D eigenvalue weighted by molar-refractivity contribution is -0.147. The van der Waals surface area contributed by atoms with Gasteiger partial charge < -0.3 is 9.47 Å². The molecule has 0 amide bonds. The highest BCUT2D eigenvalue weighted by molar-refractivity contribution is 7.19. The Bertz CT molecular complexity index is 911. The minimum Gasteiger partial charge on any atom is -0.489 e. The summed E-state index contributed by atoms with van der Waals surface area (Å²) in [4.78, 5) is 20.2. The van der Waals surface area contributed by atoms with Crippen molar-refractivity contribution in [2.45, 2.75) is 45.3 Å². The number of carbonyl (C=O) groups is 1. The van der Waals surface area contributed by atoms with E-state index in [9.17, 15) is 4.79 Å². The number of aromatic nitrogens is 1. The summed E-state index contributed by atoms with van der Waals surface area (Å²) < 4.78 is 11.6. The molecule has 2 aromatic heterocycles. The Morgan fingerprint density at radius 2 is 2.29 bits per heavy atom. The molecular weight excluding hydrogens is 400 g/mol. The van der Waals surface area contributed by atoms with Crippen molar-refractivity contribution in [3.05, 3.63) is 44.2 Å². The average Bonchev–Trinajstić information content (AvgIpc) is 3.08. The van der Waals surface area contributed by atoms with Crippen molar-refractivity contribution < 1.29 is 14.3 Å². The lowest BCUT2D eigenvalue weighted by Crippen LogP contribution is -2.30. The topological polar surface area (TPSA) is 97.2 Å². The smallest absolute Gasteiger partial charge is 0.308 e. The Kier molecular flexibility index (Phi) is 6.78. The number of pyridine rings is 1. The molecule has 28 heavy (non-hydrogen) atoms. The molecule has 1 fully saturated rings. The number of azide groups is 1. The van der Waals surface area contributed by atoms with Crippen LogP contribution in [0.4, 0.5) is 0 Å². The van der Waals surface area contributed by atoms with Gasteiger partial charge in [0.2, 0.25) is 0 Å². The number of esters is 1. The van der Waals surface area contributed by atoms with Crippen LogP contribution in [0.1, 0.15) is 36.9 Å². The molecule has 3 rings (SSSR count). The number of aryl methyl sites for hydroxylation is 1. The van der Waals surface area contributed by atoms with E-state index >= 15 is 0 Å². The number of hydrogen-bond acceptors (Lipinski definition) is 6. The lowest BCUT2D eigenvalue weighted by atomic mass is 9.87. The third-order valence-electron chi connectivity index (χ3n) is 4.81. The van der Waals surface area contributed by atoms with E-state index in [1.165, 1.54) is 18.4 Å². The molecule has 0 aliphatic heterocycles. The van der Waals surface area contributed by atoms with Crippen molar-refractivity contribution in [2.75, 3.05) is 7.11 Å². The number of halogens is 1. The Morgan fingerprint density at radius 3 is 3.00 bits per heavy atom. The third-order valence-corrected chi connectivity index (χ3v) is 6.14. The molecule has 0 aromatic carbocycles. The van der Waals surface area contributed by atoms with Crippen LogP contribution in [0, 0.1) is 12.8 Å². The molecule has 1 aliphatic carbocycles. The molecule has 7 nitrogen and oxygen atoms in total. The molecule has 0 spiro atoms. The molecular formula is C19H21ClN4O3S. The fourth-order valence-electron chi connectivity index (χ4n) is 3.45. The minimum absolute atomic E-state index is 0.0269. The number of methoxy groups -OCH3 is 1. The van der Waals surface area contributed by atoms with E-state index in [4.69, 9.17) is 26.6 Å². The summed E-state index contributed by atoms with van der Waals surface area (Å²) in [5.41, 5.74) is 10.9. The van der Waals surface area contributed by atoms with Gasteiger partial charge in [0.15, 0.2) is 0 Å². The largest absolute Gasteiger partial charge is 0.489 e. The standard InChI is InChI=1S/C19H21ClN4O3S/c1-11-16(27-14-5-3-4-12(8-14)19(25)26-2)7-6-15(23-11)18-13(10-22-24-21)9-17(20)28-18/h6-7,9,12,14H,3-5,8,10H2,1-2H3/t12-,14-/m0/s1. The van der Waals surface area contributed by atoms with E-state index in [0.29, 0.717) is 16.5 Å². The van der Waals surface area contributed by atoms with Crippen LogP contribution < -0.4 is 4.74 Å². The van der Waals surface area contributed by atoms with Gasteiger partial charge in [-0.15, -0.1) is 11.3 Å². The van der Waals surface area contributed by atoms with E-state index in [1.54, 1.807) is 6.07 Å². The van der Waals surface area contributed by atoms with Gasteiger partial charge in [0.05, 0.1) is 46.3 Å². The van der Waals surface area contributed by atoms with E-state index in [-0.39, 0.29) is 24.5 Å². The highest BCUT2D eigenvalue weighted by Crippen LogP contribution is 2.37. The molecule has 9 heteroatoms. The van der Waals surface area contributed by atoms with Gasteiger partial charge in [-0.1, -0.05) is 16.7 Å². The molecule has 0 N–H and O–H groups in total. The maximum absolute atomic E-state index is 11.8. The molecule has 148 valence electrons. The molecule has 0 saturated heterocycles. The highest BCUT2D eigenvalue weighted by Gasteiger charge is 2.29. The highest BCUT2D eigenvalue weighted by atomic mass is 35.5. The molecule has 2 heterocycles. The van der Waals surface area contributed by atoms with Crippen LogP contribution in [0.2, 0.25) is 4.34 Å². The molecule has 2 atom stereocenters. The number of carbonyl (C=O) groups excluding carboxylic acids is 1. The normalized spacial score (nSPS) is 19.0. The summed E-state index contributed by atoms with van der Waals surface area (Å²) in [7, 11) is 1.42. The second kappa shape index (κ2) is 9.28. The van der Waals surface area contributed by atoms with E-state index < -0.39 is 0 Å². The van der Waals surface area contributed by atoms with Crippen molar-refractivity contribution in [3.63, 3.8) is 0 Å². The van der Waals surface area contributed by atoms with Gasteiger partial charge in [0.1, 0.15) is 5.75 Å². The molecule has 0 radical (unpaired) electrons. The maximum atomic E-state index is 11.8. The Morgan fingerprint density at radius 1 is 1.46 bits per heavy atom. The number of hydrogen-bond donors (Lipinski definition) is 0. The fourth-order valence-corrected chi connectivity index (χ4v) is 4.68. The summed E-state index contributed by atoms with van der Waals surface area (Å²) in [5, 5.41) is 3.63. The Labute approximate surface area is 172 Å². The second-order valence-corrected chi connectivity index (χ2v) is 8.38. The average molecular weight is 421 g/mol. The van der Waals surface area contributed by atoms with Gasteiger partial charge >= 0.3 is 5.97 Å². The SMILES string of the molecule is COC(=O)[C@H]1CCC[C@H](Oc2ccc(-c3sc(Cl)cc3CN=[N+]=[N-])nc2C)C1. The zero-order valence-electron chi connectivity index (χ0n) is 15.7. The van der Waals surface area contributed by atoms with Gasteiger partial charge in [0.25, 0.3) is 0 Å². The minimum atomic E-state index is -0.166. The summed E-state index contributed by atoms with van der Waals surface area (Å²) in [6.07, 6.45) is 3.32. The van der Waals surface area contributed by atoms with Gasteiger partial charge in [-0.2, -0.15) is 0 Å². The van der Waals surface area contributed by atoms with E-state index in [0.717, 1.165) is 41.1 Å². The summed E-state index contributed by atoms with van der Waals surface area (Å²) in [6.45, 7) is 2.12. The summed E-state index contributed by atoms with van der Waals surface area (Å²) in [6, 6.07) is 5.57. The van der Waals surface area contributed by atoms with Gasteiger partial charge in [-0.05, 0) is 61.9 Å². The van der Waals surface area contributed by atoms with Gasteiger partial charge in [-0.25, -0.2) is 4.98 Å². The number of rotatable bonds is 6. The van der Waals surface area contributed by atoms with E-state index in [1.807, 2.05) is 19.1 Å². The van der Waals surface area contributed by atoms with Crippen LogP contribution in [0.25, 0.3) is 21.0 Å². The van der Waals surface area contributed by atoms with Crippen LogP contribution in [0.5, 0.6) is 5.75 Å². The molecule has 1 aliphatic rings. The second-order valence-electron chi connectivity index (χ2n) is 6.70.